The normalized spacial score (nSPS) is 11.9. The number of anilines is 1. The Morgan fingerprint density at radius 3 is 2.81 bits per heavy atom. The van der Waals surface area contributed by atoms with E-state index in [1.54, 1.807) is 19.9 Å². The fourth-order valence-electron chi connectivity index (χ4n) is 1.15. The van der Waals surface area contributed by atoms with Gasteiger partial charge in [-0.3, -0.25) is 10.1 Å². The van der Waals surface area contributed by atoms with Gasteiger partial charge in [0.15, 0.2) is 5.82 Å². The van der Waals surface area contributed by atoms with Crippen LogP contribution in [0, 0.1) is 6.92 Å². The number of hydrogen-bond donors (Lipinski definition) is 3. The largest absolute Gasteiger partial charge is 0.370 e. The van der Waals surface area contributed by atoms with E-state index in [4.69, 9.17) is 10.3 Å². The van der Waals surface area contributed by atoms with Gasteiger partial charge in [-0.15, -0.1) is 0 Å². The molecule has 7 nitrogen and oxygen atoms in total. The number of rotatable bonds is 4. The smallest absolute Gasteiger partial charge is 0.320 e. The lowest BCUT2D eigenvalue weighted by Crippen LogP contribution is -2.38. The highest BCUT2D eigenvalue weighted by Gasteiger charge is 2.11. The molecule has 1 unspecified atom stereocenters. The SMILES string of the molecule is Cc1cc(NC(=O)NC(C)CC(N)=O)no1. The number of urea groups is 1. The summed E-state index contributed by atoms with van der Waals surface area (Å²) in [5.74, 6) is 0.451. The second kappa shape index (κ2) is 5.15. The zero-order valence-electron chi connectivity index (χ0n) is 9.11. The van der Waals surface area contributed by atoms with Crippen LogP contribution in [0.3, 0.4) is 0 Å². The monoisotopic (exact) mass is 226 g/mol. The summed E-state index contributed by atoms with van der Waals surface area (Å²) in [6.45, 7) is 3.39. The molecule has 1 aromatic heterocycles. The first-order valence-corrected chi connectivity index (χ1v) is 4.76. The number of hydrogen-bond acceptors (Lipinski definition) is 4. The van der Waals surface area contributed by atoms with Gasteiger partial charge in [0.05, 0.1) is 0 Å². The van der Waals surface area contributed by atoms with Gasteiger partial charge in [0, 0.05) is 18.5 Å². The molecular formula is C9H14N4O3. The molecule has 0 aliphatic rings. The molecule has 0 radical (unpaired) electrons. The Bertz CT molecular complexity index is 388. The lowest BCUT2D eigenvalue weighted by Gasteiger charge is -2.11. The first-order valence-electron chi connectivity index (χ1n) is 4.76. The number of nitrogens with zero attached hydrogens (tertiary/aromatic N) is 1. The summed E-state index contributed by atoms with van der Waals surface area (Å²) < 4.78 is 4.77. The summed E-state index contributed by atoms with van der Waals surface area (Å²) in [5.41, 5.74) is 4.99. The fraction of sp³-hybridized carbons (Fsp3) is 0.444. The maximum Gasteiger partial charge on any atom is 0.320 e. The van der Waals surface area contributed by atoms with Crippen LogP contribution in [0.1, 0.15) is 19.1 Å². The molecule has 3 amide bonds. The molecule has 0 aliphatic carbocycles. The van der Waals surface area contributed by atoms with Crippen molar-refractivity contribution in [3.05, 3.63) is 11.8 Å². The van der Waals surface area contributed by atoms with E-state index in [0.717, 1.165) is 0 Å². The molecule has 0 spiro atoms. The number of primary amides is 1. The predicted molar refractivity (Wildman–Crippen MR) is 56.7 cm³/mol. The van der Waals surface area contributed by atoms with E-state index in [2.05, 4.69) is 15.8 Å². The van der Waals surface area contributed by atoms with Crippen molar-refractivity contribution in [1.29, 1.82) is 0 Å². The lowest BCUT2D eigenvalue weighted by molar-refractivity contribution is -0.118. The van der Waals surface area contributed by atoms with Crippen molar-refractivity contribution in [2.45, 2.75) is 26.3 Å². The van der Waals surface area contributed by atoms with Gasteiger partial charge < -0.3 is 15.6 Å². The first kappa shape index (κ1) is 12.0. The standard InChI is InChI=1S/C9H14N4O3/c1-5(3-7(10)14)11-9(15)12-8-4-6(2)16-13-8/h4-5H,3H2,1-2H3,(H2,10,14)(H2,11,12,13,15). The highest BCUT2D eigenvalue weighted by atomic mass is 16.5. The Kier molecular flexibility index (Phi) is 3.87. The van der Waals surface area contributed by atoms with Crippen LogP contribution in [0.25, 0.3) is 0 Å². The van der Waals surface area contributed by atoms with Crippen LogP contribution in [0.15, 0.2) is 10.6 Å². The molecule has 0 aromatic carbocycles. The summed E-state index contributed by atoms with van der Waals surface area (Å²) in [7, 11) is 0. The Morgan fingerprint density at radius 1 is 1.62 bits per heavy atom. The van der Waals surface area contributed by atoms with Gasteiger partial charge in [-0.25, -0.2) is 4.79 Å². The minimum absolute atomic E-state index is 0.0886. The highest BCUT2D eigenvalue weighted by molar-refractivity contribution is 5.88. The van der Waals surface area contributed by atoms with Crippen molar-refractivity contribution >= 4 is 17.8 Å². The third-order valence-corrected chi connectivity index (χ3v) is 1.75. The van der Waals surface area contributed by atoms with Crippen molar-refractivity contribution in [2.75, 3.05) is 5.32 Å². The molecule has 1 atom stereocenters. The van der Waals surface area contributed by atoms with E-state index < -0.39 is 11.9 Å². The minimum Gasteiger partial charge on any atom is -0.370 e. The summed E-state index contributed by atoms with van der Waals surface area (Å²) in [5, 5.41) is 8.58. The molecule has 1 aromatic rings. The van der Waals surface area contributed by atoms with E-state index in [0.29, 0.717) is 11.6 Å². The number of nitrogens with one attached hydrogen (secondary N) is 2. The van der Waals surface area contributed by atoms with Crippen LogP contribution >= 0.6 is 0 Å². The molecule has 0 saturated heterocycles. The zero-order valence-corrected chi connectivity index (χ0v) is 9.11. The van der Waals surface area contributed by atoms with Crippen molar-refractivity contribution in [1.82, 2.24) is 10.5 Å². The van der Waals surface area contributed by atoms with Crippen LogP contribution in [0.2, 0.25) is 0 Å². The third kappa shape index (κ3) is 3.99. The van der Waals surface area contributed by atoms with E-state index >= 15 is 0 Å². The van der Waals surface area contributed by atoms with Gasteiger partial charge in [0.25, 0.3) is 0 Å². The van der Waals surface area contributed by atoms with Crippen molar-refractivity contribution in [3.8, 4) is 0 Å². The van der Waals surface area contributed by atoms with Gasteiger partial charge in [0.1, 0.15) is 5.76 Å². The lowest BCUT2D eigenvalue weighted by atomic mass is 10.2. The van der Waals surface area contributed by atoms with E-state index in [1.807, 2.05) is 0 Å². The summed E-state index contributed by atoms with van der Waals surface area (Å²) >= 11 is 0. The molecule has 1 heterocycles. The molecule has 4 N–H and O–H groups in total. The van der Waals surface area contributed by atoms with Crippen molar-refractivity contribution < 1.29 is 14.1 Å². The fourth-order valence-corrected chi connectivity index (χ4v) is 1.15. The second-order valence-corrected chi connectivity index (χ2v) is 3.49. The molecular weight excluding hydrogens is 212 g/mol. The number of aryl methyl sites for hydroxylation is 1. The van der Waals surface area contributed by atoms with Crippen LogP contribution < -0.4 is 16.4 Å². The summed E-state index contributed by atoms with van der Waals surface area (Å²) in [6.07, 6.45) is 0.0886. The van der Waals surface area contributed by atoms with Gasteiger partial charge in [-0.05, 0) is 13.8 Å². The van der Waals surface area contributed by atoms with E-state index in [1.165, 1.54) is 0 Å². The topological polar surface area (TPSA) is 110 Å². The molecule has 0 aliphatic heterocycles. The summed E-state index contributed by atoms with van der Waals surface area (Å²) in [6, 6.07) is 0.797. The summed E-state index contributed by atoms with van der Waals surface area (Å²) in [4.78, 5) is 21.9. The van der Waals surface area contributed by atoms with Crippen molar-refractivity contribution in [3.63, 3.8) is 0 Å². The molecule has 0 fully saturated rings. The number of amides is 3. The molecule has 0 bridgehead atoms. The highest BCUT2D eigenvalue weighted by Crippen LogP contribution is 2.06. The zero-order chi connectivity index (χ0) is 12.1. The van der Waals surface area contributed by atoms with Gasteiger partial charge >= 0.3 is 6.03 Å². The first-order chi connectivity index (χ1) is 7.47. The number of carbonyl (C=O) groups is 2. The average molecular weight is 226 g/mol. The maximum atomic E-state index is 11.4. The molecule has 1 rings (SSSR count). The Morgan fingerprint density at radius 2 is 2.31 bits per heavy atom. The molecule has 88 valence electrons. The van der Waals surface area contributed by atoms with E-state index in [9.17, 15) is 9.59 Å². The predicted octanol–water partition coefficient (Wildman–Crippen LogP) is 0.368. The molecule has 7 heteroatoms. The minimum atomic E-state index is -0.468. The number of carbonyl (C=O) groups excluding carboxylic acids is 2. The second-order valence-electron chi connectivity index (χ2n) is 3.49. The average Bonchev–Trinajstić information content (AvgIpc) is 2.48. The van der Waals surface area contributed by atoms with Gasteiger partial charge in [-0.2, -0.15) is 0 Å². The van der Waals surface area contributed by atoms with Crippen LogP contribution in [0.4, 0.5) is 10.6 Å². The molecule has 0 saturated carbocycles. The maximum absolute atomic E-state index is 11.4. The van der Waals surface area contributed by atoms with Gasteiger partial charge in [-0.1, -0.05) is 5.16 Å². The number of nitrogens with two attached hydrogens (primary N) is 1. The van der Waals surface area contributed by atoms with Crippen molar-refractivity contribution in [2.24, 2.45) is 5.73 Å². The number of aromatic nitrogens is 1. The van der Waals surface area contributed by atoms with Gasteiger partial charge in [0.2, 0.25) is 5.91 Å². The van der Waals surface area contributed by atoms with E-state index in [-0.39, 0.29) is 12.5 Å². The van der Waals surface area contributed by atoms with Crippen LogP contribution in [-0.2, 0) is 4.79 Å². The van der Waals surface area contributed by atoms with Crippen LogP contribution in [-0.4, -0.2) is 23.1 Å². The Labute approximate surface area is 92.3 Å². The Balaban J connectivity index is 2.38. The van der Waals surface area contributed by atoms with Crippen LogP contribution in [0.5, 0.6) is 0 Å². The third-order valence-electron chi connectivity index (χ3n) is 1.75. The molecule has 16 heavy (non-hydrogen) atoms. The Hall–Kier alpha value is -2.05. The quantitative estimate of drug-likeness (QED) is 0.688.